The number of para-hydroxylation sites is 1. The van der Waals surface area contributed by atoms with E-state index >= 15 is 0 Å². The van der Waals surface area contributed by atoms with Gasteiger partial charge in [0.2, 0.25) is 0 Å². The third-order valence-electron chi connectivity index (χ3n) is 11.0. The number of alkyl halides is 1. The van der Waals surface area contributed by atoms with Gasteiger partial charge in [0.15, 0.2) is 22.7 Å². The Morgan fingerprint density at radius 3 is 1.77 bits per heavy atom. The molecule has 64 heavy (non-hydrogen) atoms. The fourth-order valence-electron chi connectivity index (χ4n) is 7.90. The molecule has 0 saturated carbocycles. The third kappa shape index (κ3) is 8.55. The smallest absolute Gasteiger partial charge is 0.356 e. The Labute approximate surface area is 383 Å². The van der Waals surface area contributed by atoms with Crippen LogP contribution in [0.2, 0.25) is 0 Å². The summed E-state index contributed by atoms with van der Waals surface area (Å²) in [6.07, 6.45) is -0.738. The molecule has 0 spiro atoms. The fraction of sp³-hybridized carbons (Fsp3) is 0.118. The quantitative estimate of drug-likeness (QED) is 0.0261. The maximum absolute atomic E-state index is 14.5. The van der Waals surface area contributed by atoms with Gasteiger partial charge in [-0.25, -0.2) is 9.78 Å². The van der Waals surface area contributed by atoms with Crippen LogP contribution in [0.3, 0.4) is 0 Å². The Balaban J connectivity index is 1.00. The number of rotatable bonds is 15. The van der Waals surface area contributed by atoms with Crippen molar-refractivity contribution in [3.05, 3.63) is 232 Å². The summed E-state index contributed by atoms with van der Waals surface area (Å²) >= 11 is 9.11. The van der Waals surface area contributed by atoms with Crippen LogP contribution >= 0.6 is 34.7 Å². The van der Waals surface area contributed by atoms with E-state index in [2.05, 4.69) is 52.2 Å². The maximum atomic E-state index is 14.5. The number of halogens is 1. The highest BCUT2D eigenvalue weighted by atomic mass is 35.5. The standard InChI is InChI=1S/C51H40ClN5O5S2/c52-31-36-32-63-48-43(47(59)57(48)44(36)49(60)61-45(34-19-7-1-8-20-34)35-21-9-2-10-22-35)54-46(58)42(56-62-40-29-17-6-18-30-40)41-33-64-50(53-41)55-51(37-23-11-3-12-24-37,38-25-13-4-14-26-38)39-27-15-5-16-28-39/h1-30,33,43,45,48H,31-32H2,(H,53,55)(H,54,58)/t43-,48-/m1/s1. The number of nitrogens with one attached hydrogen (secondary N) is 2. The number of esters is 1. The van der Waals surface area contributed by atoms with Gasteiger partial charge in [-0.05, 0) is 45.5 Å². The van der Waals surface area contributed by atoms with Gasteiger partial charge in [-0.1, -0.05) is 175 Å². The number of oxime groups is 1. The van der Waals surface area contributed by atoms with Gasteiger partial charge in [-0.2, -0.15) is 0 Å². The van der Waals surface area contributed by atoms with Crippen molar-refractivity contribution >= 4 is 63.3 Å². The summed E-state index contributed by atoms with van der Waals surface area (Å²) in [5, 5.41) is 12.6. The molecule has 318 valence electrons. The van der Waals surface area contributed by atoms with E-state index in [-0.39, 0.29) is 23.0 Å². The molecule has 2 aliphatic heterocycles. The minimum Gasteiger partial charge on any atom is -0.448 e. The molecule has 0 radical (unpaired) electrons. The Morgan fingerprint density at radius 2 is 1.25 bits per heavy atom. The van der Waals surface area contributed by atoms with Crippen LogP contribution in [0.1, 0.15) is 39.6 Å². The largest absolute Gasteiger partial charge is 0.448 e. The molecule has 10 nitrogen and oxygen atoms in total. The van der Waals surface area contributed by atoms with E-state index in [0.717, 1.165) is 27.8 Å². The van der Waals surface area contributed by atoms with Crippen LogP contribution in [0, 0.1) is 0 Å². The lowest BCUT2D eigenvalue weighted by Crippen LogP contribution is -2.71. The number of thioether (sulfide) groups is 1. The second kappa shape index (κ2) is 19.2. The number of carbonyl (C=O) groups excluding carboxylic acids is 3. The summed E-state index contributed by atoms with van der Waals surface area (Å²) in [5.74, 6) is -1.09. The molecule has 2 atom stereocenters. The van der Waals surface area contributed by atoms with E-state index in [1.54, 1.807) is 29.6 Å². The minimum atomic E-state index is -1.00. The third-order valence-corrected chi connectivity index (χ3v) is 13.4. The predicted octanol–water partition coefficient (Wildman–Crippen LogP) is 9.56. The van der Waals surface area contributed by atoms with Crippen LogP contribution in [0.5, 0.6) is 5.75 Å². The van der Waals surface area contributed by atoms with Gasteiger partial charge >= 0.3 is 5.97 Å². The number of thiazole rings is 1. The number of fused-ring (bicyclic) bond motifs is 1. The van der Waals surface area contributed by atoms with Crippen molar-refractivity contribution < 1.29 is 24.0 Å². The zero-order chi connectivity index (χ0) is 43.9. The van der Waals surface area contributed by atoms with Crippen molar-refractivity contribution in [3.8, 4) is 5.75 Å². The molecule has 6 aromatic carbocycles. The highest BCUT2D eigenvalue weighted by Crippen LogP contribution is 2.43. The van der Waals surface area contributed by atoms with Crippen molar-refractivity contribution in [1.82, 2.24) is 15.2 Å². The van der Waals surface area contributed by atoms with E-state index in [9.17, 15) is 14.4 Å². The molecule has 13 heteroatoms. The van der Waals surface area contributed by atoms with Crippen molar-refractivity contribution in [1.29, 1.82) is 0 Å². The van der Waals surface area contributed by atoms with E-state index in [4.69, 9.17) is 26.2 Å². The number of carbonyl (C=O) groups is 3. The van der Waals surface area contributed by atoms with Gasteiger partial charge in [0.25, 0.3) is 11.8 Å². The number of hydrogen-bond acceptors (Lipinski definition) is 10. The number of nitrogens with zero attached hydrogens (tertiary/aromatic N) is 3. The van der Waals surface area contributed by atoms with Gasteiger partial charge in [0, 0.05) is 17.0 Å². The van der Waals surface area contributed by atoms with Crippen molar-refractivity contribution in [2.45, 2.75) is 23.1 Å². The summed E-state index contributed by atoms with van der Waals surface area (Å²) in [6, 6.07) is 57.0. The van der Waals surface area contributed by atoms with E-state index < -0.39 is 40.8 Å². The van der Waals surface area contributed by atoms with E-state index in [1.165, 1.54) is 28.0 Å². The lowest BCUT2D eigenvalue weighted by atomic mass is 9.77. The molecule has 3 heterocycles. The van der Waals surface area contributed by atoms with Gasteiger partial charge in [0.05, 0.1) is 0 Å². The summed E-state index contributed by atoms with van der Waals surface area (Å²) in [4.78, 5) is 54.9. The van der Waals surface area contributed by atoms with Crippen LogP contribution in [0.4, 0.5) is 5.13 Å². The van der Waals surface area contributed by atoms with Gasteiger partial charge in [-0.15, -0.1) is 34.7 Å². The van der Waals surface area contributed by atoms with Gasteiger partial charge in [-0.3, -0.25) is 14.5 Å². The highest BCUT2D eigenvalue weighted by Gasteiger charge is 2.55. The average molecular weight is 902 g/mol. The second-order valence-corrected chi connectivity index (χ2v) is 17.1. The van der Waals surface area contributed by atoms with Crippen LogP contribution in [-0.2, 0) is 24.7 Å². The molecule has 1 saturated heterocycles. The predicted molar refractivity (Wildman–Crippen MR) is 252 cm³/mol. The number of benzene rings is 6. The second-order valence-electron chi connectivity index (χ2n) is 14.9. The maximum Gasteiger partial charge on any atom is 0.356 e. The van der Waals surface area contributed by atoms with Crippen LogP contribution in [0.25, 0.3) is 0 Å². The monoisotopic (exact) mass is 901 g/mol. The van der Waals surface area contributed by atoms with Crippen LogP contribution in [-0.4, -0.2) is 56.4 Å². The zero-order valence-electron chi connectivity index (χ0n) is 34.1. The summed E-state index contributed by atoms with van der Waals surface area (Å²) < 4.78 is 6.21. The Bertz CT molecular complexity index is 2660. The minimum absolute atomic E-state index is 0.0141. The first kappa shape index (κ1) is 42.3. The van der Waals surface area contributed by atoms with Crippen molar-refractivity contribution in [3.63, 3.8) is 0 Å². The van der Waals surface area contributed by atoms with E-state index in [0.29, 0.717) is 22.2 Å². The lowest BCUT2D eigenvalue weighted by Gasteiger charge is -2.49. The molecule has 2 aliphatic rings. The summed E-state index contributed by atoms with van der Waals surface area (Å²) in [7, 11) is 0. The average Bonchev–Trinajstić information content (AvgIpc) is 3.83. The molecule has 1 fully saturated rings. The number of anilines is 1. The Hall–Kier alpha value is -6.99. The number of β-lactam (4-membered cyclic amide) rings is 1. The number of ether oxygens (including phenoxy) is 1. The summed E-state index contributed by atoms with van der Waals surface area (Å²) in [5.41, 5.74) is 4.33. The van der Waals surface area contributed by atoms with Crippen molar-refractivity contribution in [2.75, 3.05) is 16.9 Å². The molecule has 2 N–H and O–H groups in total. The number of amides is 2. The van der Waals surface area contributed by atoms with Gasteiger partial charge < -0.3 is 20.2 Å². The SMILES string of the molecule is O=C(N[C@@H]1C(=O)N2C(C(=O)OC(c3ccccc3)c3ccccc3)=C(CCl)CS[C@H]12)C(=NOc1ccccc1)c1csc(NC(c2ccccc2)(c2ccccc2)c2ccccc2)n1. The summed E-state index contributed by atoms with van der Waals surface area (Å²) in [6.45, 7) is 0. The zero-order valence-corrected chi connectivity index (χ0v) is 36.5. The fourth-order valence-corrected chi connectivity index (χ4v) is 10.3. The number of hydrogen-bond donors (Lipinski definition) is 2. The first-order valence-electron chi connectivity index (χ1n) is 20.5. The lowest BCUT2D eigenvalue weighted by molar-refractivity contribution is -0.154. The molecule has 0 bridgehead atoms. The van der Waals surface area contributed by atoms with Crippen LogP contribution in [0.15, 0.2) is 204 Å². The first-order chi connectivity index (χ1) is 31.4. The molecule has 1 aromatic heterocycles. The molecule has 2 amide bonds. The molecular formula is C51H40ClN5O5S2. The molecule has 9 rings (SSSR count). The molecule has 7 aromatic rings. The van der Waals surface area contributed by atoms with Crippen LogP contribution < -0.4 is 15.5 Å². The Kier molecular flexibility index (Phi) is 12.7. The van der Waals surface area contributed by atoms with E-state index in [1.807, 2.05) is 121 Å². The molecule has 0 aliphatic carbocycles. The van der Waals surface area contributed by atoms with Crippen molar-refractivity contribution in [2.24, 2.45) is 5.16 Å². The Morgan fingerprint density at radius 1 is 0.750 bits per heavy atom. The first-order valence-corrected chi connectivity index (χ1v) is 23.0. The normalized spacial score (nSPS) is 16.1. The van der Waals surface area contributed by atoms with Gasteiger partial charge in [0.1, 0.15) is 28.3 Å². The number of aromatic nitrogens is 1. The molecule has 0 unspecified atom stereocenters. The molecular weight excluding hydrogens is 862 g/mol. The highest BCUT2D eigenvalue weighted by molar-refractivity contribution is 8.00. The topological polar surface area (TPSA) is 122 Å².